The number of hydrogen-bond acceptors (Lipinski definition) is 9. The number of aromatic carboxylic acids is 1. The monoisotopic (exact) mass is 578 g/mol. The van der Waals surface area contributed by atoms with Gasteiger partial charge in [0.2, 0.25) is 0 Å². The summed E-state index contributed by atoms with van der Waals surface area (Å²) in [5.74, 6) is -1.70. The van der Waals surface area contributed by atoms with Gasteiger partial charge in [-0.3, -0.25) is 9.88 Å². The minimum Gasteiger partial charge on any atom is -0.478 e. The lowest BCUT2D eigenvalue weighted by Gasteiger charge is -2.21. The van der Waals surface area contributed by atoms with E-state index in [2.05, 4.69) is 25.6 Å². The van der Waals surface area contributed by atoms with Crippen molar-refractivity contribution in [2.24, 2.45) is 0 Å². The lowest BCUT2D eigenvalue weighted by Crippen LogP contribution is -2.31. The van der Waals surface area contributed by atoms with Crippen molar-refractivity contribution in [1.82, 2.24) is 24.8 Å². The zero-order valence-corrected chi connectivity index (χ0v) is 22.3. The van der Waals surface area contributed by atoms with E-state index < -0.39 is 48.6 Å². The van der Waals surface area contributed by atoms with Crippen LogP contribution in [0.2, 0.25) is 0 Å². The summed E-state index contributed by atoms with van der Waals surface area (Å²) < 4.78 is 40.9. The Kier molecular flexibility index (Phi) is 7.75. The summed E-state index contributed by atoms with van der Waals surface area (Å²) in [5, 5.41) is 14.8. The van der Waals surface area contributed by atoms with Crippen LogP contribution in [-0.4, -0.2) is 68.1 Å². The Morgan fingerprint density at radius 1 is 1.05 bits per heavy atom. The summed E-state index contributed by atoms with van der Waals surface area (Å²) in [6.07, 6.45) is -0.475. The number of anilines is 1. The van der Waals surface area contributed by atoms with Crippen LogP contribution in [0, 0.1) is 5.82 Å². The first-order chi connectivity index (χ1) is 20.4. The molecule has 0 saturated carbocycles. The molecule has 2 aromatic carbocycles. The number of imidazole rings is 1. The van der Waals surface area contributed by atoms with E-state index >= 15 is 0 Å². The normalized spacial score (nSPS) is 23.1. The third-order valence-corrected chi connectivity index (χ3v) is 7.00. The Labute approximate surface area is 238 Å². The number of nitrogens with one attached hydrogen (secondary N) is 2. The first kappa shape index (κ1) is 27.7. The standard InChI is InChI=1S/C28H27FN6O7/c1-2-30-28(38)34-23-20-24(32-13-31-23)35(14-33-20)25-22-21(41-27(42-22)15-7-4-3-5-8-15)19(40-25)12-39-11-17-16(26(36)37)9-6-10-18(17)29/h3-10,13-14,19,21-22,25,27H,2,11-12H2,1H3,(H,36,37)(H2,30,31,32,34,38). The first-order valence-corrected chi connectivity index (χ1v) is 13.3. The molecular weight excluding hydrogens is 551 g/mol. The van der Waals surface area contributed by atoms with E-state index in [9.17, 15) is 19.1 Å². The average Bonchev–Trinajstić information content (AvgIpc) is 3.69. The van der Waals surface area contributed by atoms with Crippen LogP contribution < -0.4 is 10.6 Å². The highest BCUT2D eigenvalue weighted by Crippen LogP contribution is 2.45. The molecule has 14 heteroatoms. The van der Waals surface area contributed by atoms with E-state index in [1.165, 1.54) is 30.9 Å². The summed E-state index contributed by atoms with van der Waals surface area (Å²) in [6, 6.07) is 12.8. The second-order valence-corrected chi connectivity index (χ2v) is 9.63. The smallest absolute Gasteiger partial charge is 0.336 e. The van der Waals surface area contributed by atoms with E-state index in [1.807, 2.05) is 30.3 Å². The molecule has 218 valence electrons. The fourth-order valence-electron chi connectivity index (χ4n) is 5.09. The Balaban J connectivity index is 1.26. The van der Waals surface area contributed by atoms with Crippen molar-refractivity contribution in [1.29, 1.82) is 0 Å². The van der Waals surface area contributed by atoms with Gasteiger partial charge < -0.3 is 29.4 Å². The molecule has 2 aliphatic rings. The quantitative estimate of drug-likeness (QED) is 0.269. The molecule has 4 aromatic rings. The number of aromatic nitrogens is 4. The predicted octanol–water partition coefficient (Wildman–Crippen LogP) is 3.40. The molecule has 4 heterocycles. The number of benzene rings is 2. The molecule has 2 saturated heterocycles. The number of nitrogens with zero attached hydrogens (tertiary/aromatic N) is 4. The average molecular weight is 579 g/mol. The van der Waals surface area contributed by atoms with E-state index in [1.54, 1.807) is 11.5 Å². The van der Waals surface area contributed by atoms with E-state index in [0.29, 0.717) is 17.7 Å². The van der Waals surface area contributed by atoms with Gasteiger partial charge in [-0.2, -0.15) is 0 Å². The molecule has 3 N–H and O–H groups in total. The number of carbonyl (C=O) groups is 2. The van der Waals surface area contributed by atoms with Crippen molar-refractivity contribution < 1.29 is 38.0 Å². The highest BCUT2D eigenvalue weighted by Gasteiger charge is 2.54. The Morgan fingerprint density at radius 2 is 1.86 bits per heavy atom. The highest BCUT2D eigenvalue weighted by molar-refractivity contribution is 5.95. The molecular formula is C28H27FN6O7. The van der Waals surface area contributed by atoms with Crippen LogP contribution in [0.3, 0.4) is 0 Å². The molecule has 13 nitrogen and oxygen atoms in total. The second kappa shape index (κ2) is 11.8. The summed E-state index contributed by atoms with van der Waals surface area (Å²) in [4.78, 5) is 36.6. The van der Waals surface area contributed by atoms with Gasteiger partial charge >= 0.3 is 12.0 Å². The maximum atomic E-state index is 14.4. The van der Waals surface area contributed by atoms with Crippen LogP contribution >= 0.6 is 0 Å². The van der Waals surface area contributed by atoms with Crippen LogP contribution in [0.5, 0.6) is 0 Å². The Bertz CT molecular complexity index is 1600. The van der Waals surface area contributed by atoms with Crippen molar-refractivity contribution in [3.63, 3.8) is 0 Å². The lowest BCUT2D eigenvalue weighted by molar-refractivity contribution is -0.158. The van der Waals surface area contributed by atoms with Crippen molar-refractivity contribution in [3.8, 4) is 0 Å². The van der Waals surface area contributed by atoms with Gasteiger partial charge in [0.15, 0.2) is 29.5 Å². The van der Waals surface area contributed by atoms with Crippen molar-refractivity contribution >= 4 is 29.0 Å². The molecule has 42 heavy (non-hydrogen) atoms. The van der Waals surface area contributed by atoms with Crippen LogP contribution in [0.25, 0.3) is 11.2 Å². The summed E-state index contributed by atoms with van der Waals surface area (Å²) in [7, 11) is 0. The van der Waals surface area contributed by atoms with Gasteiger partial charge in [0.25, 0.3) is 0 Å². The van der Waals surface area contributed by atoms with Gasteiger partial charge in [-0.1, -0.05) is 36.4 Å². The molecule has 2 aromatic heterocycles. The van der Waals surface area contributed by atoms with Crippen LogP contribution in [0.1, 0.15) is 40.9 Å². The number of rotatable bonds is 9. The van der Waals surface area contributed by atoms with Crippen molar-refractivity contribution in [2.75, 3.05) is 18.5 Å². The maximum absolute atomic E-state index is 14.4. The number of urea groups is 1. The van der Waals surface area contributed by atoms with Crippen molar-refractivity contribution in [2.45, 2.75) is 44.4 Å². The predicted molar refractivity (Wildman–Crippen MR) is 144 cm³/mol. The molecule has 2 amide bonds. The van der Waals surface area contributed by atoms with Gasteiger partial charge in [-0.05, 0) is 19.1 Å². The largest absolute Gasteiger partial charge is 0.478 e. The molecule has 6 rings (SSSR count). The third-order valence-electron chi connectivity index (χ3n) is 7.00. The Hall–Kier alpha value is -4.50. The molecule has 0 radical (unpaired) electrons. The second-order valence-electron chi connectivity index (χ2n) is 9.63. The summed E-state index contributed by atoms with van der Waals surface area (Å²) in [6.45, 7) is 1.91. The van der Waals surface area contributed by atoms with Gasteiger partial charge in [0.05, 0.1) is 25.1 Å². The summed E-state index contributed by atoms with van der Waals surface area (Å²) >= 11 is 0. The number of amides is 2. The zero-order valence-electron chi connectivity index (χ0n) is 22.3. The van der Waals surface area contributed by atoms with Gasteiger partial charge in [-0.25, -0.2) is 28.9 Å². The van der Waals surface area contributed by atoms with E-state index in [4.69, 9.17) is 18.9 Å². The zero-order chi connectivity index (χ0) is 29.2. The number of carboxylic acids is 1. The molecule has 2 fully saturated rings. The van der Waals surface area contributed by atoms with Gasteiger partial charge in [0.1, 0.15) is 30.5 Å². The maximum Gasteiger partial charge on any atom is 0.336 e. The SMILES string of the molecule is CCNC(=O)Nc1ncnc2c1ncn2C1OC(COCc2c(F)cccc2C(=O)O)C2OC(c3ccccc3)OC21. The molecule has 0 aliphatic carbocycles. The van der Waals surface area contributed by atoms with E-state index in [0.717, 1.165) is 5.56 Å². The van der Waals surface area contributed by atoms with Crippen LogP contribution in [0.15, 0.2) is 61.2 Å². The molecule has 0 bridgehead atoms. The van der Waals surface area contributed by atoms with Crippen LogP contribution in [0.4, 0.5) is 15.0 Å². The molecule has 0 spiro atoms. The third kappa shape index (κ3) is 5.27. The Morgan fingerprint density at radius 3 is 2.64 bits per heavy atom. The molecule has 5 unspecified atom stereocenters. The van der Waals surface area contributed by atoms with E-state index in [-0.39, 0.29) is 30.2 Å². The fourth-order valence-corrected chi connectivity index (χ4v) is 5.09. The van der Waals surface area contributed by atoms with Gasteiger partial charge in [-0.15, -0.1) is 0 Å². The molecule has 5 atom stereocenters. The summed E-state index contributed by atoms with van der Waals surface area (Å²) in [5.41, 5.74) is 1.32. The topological polar surface area (TPSA) is 159 Å². The van der Waals surface area contributed by atoms with Crippen LogP contribution in [-0.2, 0) is 25.6 Å². The lowest BCUT2D eigenvalue weighted by atomic mass is 10.1. The molecule has 2 aliphatic heterocycles. The number of hydrogen-bond donors (Lipinski definition) is 3. The van der Waals surface area contributed by atoms with Gasteiger partial charge in [0, 0.05) is 17.7 Å². The number of halogens is 1. The first-order valence-electron chi connectivity index (χ1n) is 13.3. The minimum absolute atomic E-state index is 0.0401. The number of carboxylic acid groups (broad SMARTS) is 1. The number of ether oxygens (including phenoxy) is 4. The van der Waals surface area contributed by atoms with Crippen molar-refractivity contribution in [3.05, 3.63) is 83.7 Å². The number of carbonyl (C=O) groups excluding carboxylic acids is 1. The number of fused-ring (bicyclic) bond motifs is 2. The highest BCUT2D eigenvalue weighted by atomic mass is 19.1. The minimum atomic E-state index is -1.25. The fraction of sp³-hybridized carbons (Fsp3) is 0.321.